The maximum absolute atomic E-state index is 9.27. The third kappa shape index (κ3) is 4.39. The van der Waals surface area contributed by atoms with E-state index in [2.05, 4.69) is 0 Å². The second-order valence-corrected chi connectivity index (χ2v) is 3.30. The highest BCUT2D eigenvalue weighted by Gasteiger charge is 2.33. The van der Waals surface area contributed by atoms with Crippen molar-refractivity contribution in [1.29, 1.82) is 0 Å². The van der Waals surface area contributed by atoms with Crippen LogP contribution in [0.1, 0.15) is 6.42 Å². The summed E-state index contributed by atoms with van der Waals surface area (Å²) in [6.07, 6.45) is -8.44. The van der Waals surface area contributed by atoms with Crippen LogP contribution in [0.25, 0.3) is 0 Å². The molecule has 0 saturated carbocycles. The Hall–Kier alpha value is -0.280. The lowest BCUT2D eigenvalue weighted by molar-refractivity contribution is -0.142. The molecule has 0 aliphatic rings. The molecular formula is C8H18O7. The Morgan fingerprint density at radius 3 is 1.53 bits per heavy atom. The van der Waals surface area contributed by atoms with Crippen molar-refractivity contribution in [3.05, 3.63) is 0 Å². The Labute approximate surface area is 86.9 Å². The van der Waals surface area contributed by atoms with Gasteiger partial charge < -0.3 is 35.7 Å². The first-order valence-electron chi connectivity index (χ1n) is 4.57. The van der Waals surface area contributed by atoms with Gasteiger partial charge in [-0.2, -0.15) is 0 Å². The molecule has 0 saturated heterocycles. The molecule has 0 aromatic rings. The number of aliphatic hydroxyl groups is 7. The van der Waals surface area contributed by atoms with E-state index < -0.39 is 37.1 Å². The zero-order valence-electron chi connectivity index (χ0n) is 8.14. The minimum Gasteiger partial charge on any atom is -0.396 e. The van der Waals surface area contributed by atoms with E-state index in [9.17, 15) is 15.3 Å². The SMILES string of the molecule is OCCC(O)[C@H](O)[C@@H](O)[C@H](O)[C@H](O)CO. The molecule has 0 heterocycles. The number of rotatable bonds is 7. The minimum atomic E-state index is -1.80. The van der Waals surface area contributed by atoms with Crippen molar-refractivity contribution in [2.75, 3.05) is 13.2 Å². The highest BCUT2D eigenvalue weighted by Crippen LogP contribution is 2.10. The number of aliphatic hydroxyl groups excluding tert-OH is 7. The fourth-order valence-corrected chi connectivity index (χ4v) is 1.07. The molecule has 1 unspecified atom stereocenters. The maximum atomic E-state index is 9.27. The minimum absolute atomic E-state index is 0.167. The van der Waals surface area contributed by atoms with Crippen molar-refractivity contribution in [1.82, 2.24) is 0 Å². The lowest BCUT2D eigenvalue weighted by Crippen LogP contribution is -2.50. The largest absolute Gasteiger partial charge is 0.396 e. The Morgan fingerprint density at radius 2 is 1.13 bits per heavy atom. The first kappa shape index (κ1) is 14.7. The lowest BCUT2D eigenvalue weighted by atomic mass is 9.98. The first-order chi connectivity index (χ1) is 6.95. The van der Waals surface area contributed by atoms with E-state index in [0.29, 0.717) is 0 Å². The first-order valence-corrected chi connectivity index (χ1v) is 4.57. The normalized spacial score (nSPS) is 21.8. The van der Waals surface area contributed by atoms with E-state index >= 15 is 0 Å². The average Bonchev–Trinajstić information content (AvgIpc) is 2.25. The molecule has 7 heteroatoms. The molecule has 0 radical (unpaired) electrons. The summed E-state index contributed by atoms with van der Waals surface area (Å²) in [7, 11) is 0. The molecule has 0 spiro atoms. The Morgan fingerprint density at radius 1 is 0.667 bits per heavy atom. The molecule has 0 aromatic carbocycles. The van der Waals surface area contributed by atoms with Crippen LogP contribution in [0.5, 0.6) is 0 Å². The Kier molecular flexibility index (Phi) is 6.94. The van der Waals surface area contributed by atoms with Gasteiger partial charge in [0.2, 0.25) is 0 Å². The van der Waals surface area contributed by atoms with Crippen molar-refractivity contribution in [3.63, 3.8) is 0 Å². The molecule has 0 fully saturated rings. The maximum Gasteiger partial charge on any atom is 0.111 e. The van der Waals surface area contributed by atoms with E-state index in [1.165, 1.54) is 0 Å². The lowest BCUT2D eigenvalue weighted by Gasteiger charge is -2.28. The van der Waals surface area contributed by atoms with Crippen LogP contribution in [0.15, 0.2) is 0 Å². The smallest absolute Gasteiger partial charge is 0.111 e. The van der Waals surface area contributed by atoms with Gasteiger partial charge in [0.25, 0.3) is 0 Å². The number of hydrogen-bond donors (Lipinski definition) is 7. The molecule has 5 atom stereocenters. The van der Waals surface area contributed by atoms with Crippen LogP contribution in [-0.4, -0.2) is 79.5 Å². The van der Waals surface area contributed by atoms with Gasteiger partial charge in [0, 0.05) is 6.61 Å². The van der Waals surface area contributed by atoms with Crippen molar-refractivity contribution in [3.8, 4) is 0 Å². The molecule has 0 aliphatic carbocycles. The molecule has 0 rings (SSSR count). The van der Waals surface area contributed by atoms with Crippen LogP contribution in [0, 0.1) is 0 Å². The second-order valence-electron chi connectivity index (χ2n) is 3.30. The molecular weight excluding hydrogens is 208 g/mol. The van der Waals surface area contributed by atoms with Gasteiger partial charge in [0.1, 0.15) is 24.4 Å². The predicted molar refractivity (Wildman–Crippen MR) is 48.8 cm³/mol. The third-order valence-electron chi connectivity index (χ3n) is 2.10. The van der Waals surface area contributed by atoms with Gasteiger partial charge in [0.05, 0.1) is 12.7 Å². The van der Waals surface area contributed by atoms with Gasteiger partial charge in [-0.15, -0.1) is 0 Å². The zero-order valence-corrected chi connectivity index (χ0v) is 8.14. The fourth-order valence-electron chi connectivity index (χ4n) is 1.07. The highest BCUT2D eigenvalue weighted by atomic mass is 16.4. The van der Waals surface area contributed by atoms with Crippen LogP contribution in [-0.2, 0) is 0 Å². The summed E-state index contributed by atoms with van der Waals surface area (Å²) in [5, 5.41) is 62.8. The topological polar surface area (TPSA) is 142 Å². The highest BCUT2D eigenvalue weighted by molar-refractivity contribution is 4.84. The number of hydrogen-bond acceptors (Lipinski definition) is 7. The summed E-state index contributed by atoms with van der Waals surface area (Å²) in [5.74, 6) is 0. The van der Waals surface area contributed by atoms with Crippen molar-refractivity contribution in [2.45, 2.75) is 36.9 Å². The van der Waals surface area contributed by atoms with Crippen molar-refractivity contribution >= 4 is 0 Å². The monoisotopic (exact) mass is 226 g/mol. The van der Waals surface area contributed by atoms with Gasteiger partial charge in [0.15, 0.2) is 0 Å². The van der Waals surface area contributed by atoms with Gasteiger partial charge in [-0.1, -0.05) is 0 Å². The van der Waals surface area contributed by atoms with E-state index in [0.717, 1.165) is 0 Å². The Balaban J connectivity index is 4.22. The van der Waals surface area contributed by atoms with Crippen LogP contribution in [0.4, 0.5) is 0 Å². The van der Waals surface area contributed by atoms with E-state index in [-0.39, 0.29) is 13.0 Å². The molecule has 15 heavy (non-hydrogen) atoms. The molecule has 92 valence electrons. The van der Waals surface area contributed by atoms with Crippen molar-refractivity contribution in [2.24, 2.45) is 0 Å². The zero-order chi connectivity index (χ0) is 12.0. The summed E-state index contributed by atoms with van der Waals surface area (Å²) in [5.41, 5.74) is 0. The molecule has 0 amide bonds. The summed E-state index contributed by atoms with van der Waals surface area (Å²) in [6.45, 7) is -1.16. The van der Waals surface area contributed by atoms with Crippen LogP contribution in [0.2, 0.25) is 0 Å². The quantitative estimate of drug-likeness (QED) is 0.236. The predicted octanol–water partition coefficient (Wildman–Crippen LogP) is -3.83. The van der Waals surface area contributed by atoms with Gasteiger partial charge in [-0.05, 0) is 6.42 Å². The summed E-state index contributed by atoms with van der Waals surface area (Å²) in [6, 6.07) is 0. The Bertz CT molecular complexity index is 165. The van der Waals surface area contributed by atoms with Crippen LogP contribution in [0.3, 0.4) is 0 Å². The standard InChI is InChI=1S/C8H18O7/c9-2-1-4(11)6(13)8(15)7(14)5(12)3-10/h4-15H,1-3H2/t4?,5-,6+,7-,8-/m1/s1. The van der Waals surface area contributed by atoms with Gasteiger partial charge in [-0.25, -0.2) is 0 Å². The average molecular weight is 226 g/mol. The van der Waals surface area contributed by atoms with Crippen molar-refractivity contribution < 1.29 is 35.7 Å². The van der Waals surface area contributed by atoms with E-state index in [1.54, 1.807) is 0 Å². The van der Waals surface area contributed by atoms with E-state index in [1.807, 2.05) is 0 Å². The van der Waals surface area contributed by atoms with Crippen LogP contribution >= 0.6 is 0 Å². The summed E-state index contributed by atoms with van der Waals surface area (Å²) in [4.78, 5) is 0. The summed E-state index contributed by atoms with van der Waals surface area (Å²) < 4.78 is 0. The second kappa shape index (κ2) is 7.07. The van der Waals surface area contributed by atoms with E-state index in [4.69, 9.17) is 20.4 Å². The molecule has 0 bridgehead atoms. The fraction of sp³-hybridized carbons (Fsp3) is 1.00. The third-order valence-corrected chi connectivity index (χ3v) is 2.10. The summed E-state index contributed by atoms with van der Waals surface area (Å²) >= 11 is 0. The molecule has 7 nitrogen and oxygen atoms in total. The molecule has 0 aromatic heterocycles. The van der Waals surface area contributed by atoms with Gasteiger partial charge in [-0.3, -0.25) is 0 Å². The molecule has 0 aliphatic heterocycles. The van der Waals surface area contributed by atoms with Gasteiger partial charge >= 0.3 is 0 Å². The van der Waals surface area contributed by atoms with Crippen LogP contribution < -0.4 is 0 Å². The molecule has 7 N–H and O–H groups in total.